The zero-order valence-electron chi connectivity index (χ0n) is 6.25. The van der Waals surface area contributed by atoms with Crippen LogP contribution >= 0.6 is 0 Å². The van der Waals surface area contributed by atoms with Crippen LogP contribution in [0.2, 0.25) is 0 Å². The third-order valence-corrected chi connectivity index (χ3v) is 3.63. The highest BCUT2D eigenvalue weighted by Gasteiger charge is 2.47. The maximum absolute atomic E-state index is 5.35. The molecule has 2 saturated carbocycles. The summed E-state index contributed by atoms with van der Waals surface area (Å²) < 4.78 is 5.35. The van der Waals surface area contributed by atoms with Gasteiger partial charge in [-0.1, -0.05) is 6.42 Å². The van der Waals surface area contributed by atoms with Crippen LogP contribution in [0.25, 0.3) is 0 Å². The largest absolute Gasteiger partial charge is 0.373 e. The molecule has 2 bridgehead atoms. The molecule has 1 saturated heterocycles. The fourth-order valence-corrected chi connectivity index (χ4v) is 3.05. The molecule has 0 aromatic rings. The topological polar surface area (TPSA) is 12.5 Å². The summed E-state index contributed by atoms with van der Waals surface area (Å²) in [6, 6.07) is 0. The van der Waals surface area contributed by atoms with Crippen LogP contribution in [0.1, 0.15) is 25.7 Å². The van der Waals surface area contributed by atoms with Gasteiger partial charge in [0, 0.05) is 0 Å². The van der Waals surface area contributed by atoms with Gasteiger partial charge in [-0.3, -0.25) is 0 Å². The van der Waals surface area contributed by atoms with E-state index in [0.29, 0.717) is 6.10 Å². The highest BCUT2D eigenvalue weighted by molar-refractivity contribution is 4.96. The second kappa shape index (κ2) is 1.76. The van der Waals surface area contributed by atoms with Crippen molar-refractivity contribution in [1.29, 1.82) is 0 Å². The number of rotatable bonds is 1. The summed E-state index contributed by atoms with van der Waals surface area (Å²) in [6.45, 7) is 1.08. The summed E-state index contributed by atoms with van der Waals surface area (Å²) in [6.07, 6.45) is 6.76. The Morgan fingerprint density at radius 1 is 1.10 bits per heavy atom. The van der Waals surface area contributed by atoms with Crippen molar-refractivity contribution in [2.24, 2.45) is 17.8 Å². The van der Waals surface area contributed by atoms with Gasteiger partial charge in [0.2, 0.25) is 0 Å². The standard InChI is InChI=1S/C9H14O/c1-2-7-3-6(1)4-8(7)9-5-10-9/h6-9H,1-5H2/t6-,7-,8-,9+/m1/s1. The quantitative estimate of drug-likeness (QED) is 0.503. The summed E-state index contributed by atoms with van der Waals surface area (Å²) in [5.74, 6) is 3.15. The summed E-state index contributed by atoms with van der Waals surface area (Å²) in [5, 5.41) is 0. The highest BCUT2D eigenvalue weighted by atomic mass is 16.6. The number of hydrogen-bond acceptors (Lipinski definition) is 1. The lowest BCUT2D eigenvalue weighted by Gasteiger charge is -2.18. The summed E-state index contributed by atoms with van der Waals surface area (Å²) in [5.41, 5.74) is 0. The minimum Gasteiger partial charge on any atom is -0.373 e. The Balaban J connectivity index is 1.77. The van der Waals surface area contributed by atoms with E-state index in [1.807, 2.05) is 0 Å². The Kier molecular flexibility index (Phi) is 0.984. The molecule has 3 rings (SSSR count). The third-order valence-electron chi connectivity index (χ3n) is 3.63. The lowest BCUT2D eigenvalue weighted by Crippen LogP contribution is -2.15. The molecule has 1 heterocycles. The maximum atomic E-state index is 5.35. The van der Waals surface area contributed by atoms with E-state index in [0.717, 1.165) is 24.4 Å². The van der Waals surface area contributed by atoms with Gasteiger partial charge in [0.15, 0.2) is 0 Å². The normalized spacial score (nSPS) is 57.6. The number of epoxide rings is 1. The molecule has 3 fully saturated rings. The number of hydrogen-bond donors (Lipinski definition) is 0. The molecule has 2 aliphatic carbocycles. The Bertz CT molecular complexity index is 151. The fourth-order valence-electron chi connectivity index (χ4n) is 3.05. The molecule has 0 aromatic heterocycles. The Morgan fingerprint density at radius 2 is 2.00 bits per heavy atom. The average Bonchev–Trinajstić information content (AvgIpc) is 2.60. The van der Waals surface area contributed by atoms with Crippen LogP contribution in [-0.2, 0) is 4.74 Å². The molecule has 4 atom stereocenters. The maximum Gasteiger partial charge on any atom is 0.0840 e. The van der Waals surface area contributed by atoms with E-state index in [4.69, 9.17) is 4.74 Å². The second-order valence-electron chi connectivity index (χ2n) is 4.21. The first-order chi connectivity index (χ1) is 4.93. The van der Waals surface area contributed by atoms with Gasteiger partial charge in [-0.15, -0.1) is 0 Å². The van der Waals surface area contributed by atoms with E-state index in [1.54, 1.807) is 0 Å². The minimum absolute atomic E-state index is 0.704. The Hall–Kier alpha value is -0.0400. The van der Waals surface area contributed by atoms with E-state index in [1.165, 1.54) is 25.7 Å². The van der Waals surface area contributed by atoms with Crippen molar-refractivity contribution in [2.75, 3.05) is 6.61 Å². The highest BCUT2D eigenvalue weighted by Crippen LogP contribution is 2.51. The van der Waals surface area contributed by atoms with Crippen LogP contribution in [0, 0.1) is 17.8 Å². The molecule has 0 spiro atoms. The first-order valence-corrected chi connectivity index (χ1v) is 4.55. The molecule has 1 nitrogen and oxygen atoms in total. The van der Waals surface area contributed by atoms with Gasteiger partial charge < -0.3 is 4.74 Å². The molecule has 3 aliphatic rings. The Morgan fingerprint density at radius 3 is 2.50 bits per heavy atom. The number of fused-ring (bicyclic) bond motifs is 2. The smallest absolute Gasteiger partial charge is 0.0840 e. The van der Waals surface area contributed by atoms with E-state index in [-0.39, 0.29) is 0 Å². The lowest BCUT2D eigenvalue weighted by molar-refractivity contribution is 0.249. The van der Waals surface area contributed by atoms with Crippen molar-refractivity contribution >= 4 is 0 Å². The summed E-state index contributed by atoms with van der Waals surface area (Å²) in [4.78, 5) is 0. The van der Waals surface area contributed by atoms with Gasteiger partial charge in [0.1, 0.15) is 0 Å². The van der Waals surface area contributed by atoms with Gasteiger partial charge in [-0.05, 0) is 37.0 Å². The van der Waals surface area contributed by atoms with E-state index in [9.17, 15) is 0 Å². The van der Waals surface area contributed by atoms with Gasteiger partial charge >= 0.3 is 0 Å². The predicted octanol–water partition coefficient (Wildman–Crippen LogP) is 1.82. The zero-order valence-corrected chi connectivity index (χ0v) is 6.25. The fraction of sp³-hybridized carbons (Fsp3) is 1.00. The molecule has 1 aliphatic heterocycles. The van der Waals surface area contributed by atoms with Crippen molar-refractivity contribution in [1.82, 2.24) is 0 Å². The molecule has 0 unspecified atom stereocenters. The van der Waals surface area contributed by atoms with E-state index >= 15 is 0 Å². The van der Waals surface area contributed by atoms with Gasteiger partial charge in [-0.2, -0.15) is 0 Å². The second-order valence-corrected chi connectivity index (χ2v) is 4.21. The van der Waals surface area contributed by atoms with Crippen molar-refractivity contribution in [3.05, 3.63) is 0 Å². The first-order valence-electron chi connectivity index (χ1n) is 4.55. The average molecular weight is 138 g/mol. The molecule has 10 heavy (non-hydrogen) atoms. The van der Waals surface area contributed by atoms with Crippen LogP contribution in [0.3, 0.4) is 0 Å². The van der Waals surface area contributed by atoms with Crippen molar-refractivity contribution < 1.29 is 4.74 Å². The molecule has 0 amide bonds. The molecular formula is C9H14O. The predicted molar refractivity (Wildman–Crippen MR) is 38.7 cm³/mol. The lowest BCUT2D eigenvalue weighted by atomic mass is 9.87. The van der Waals surface area contributed by atoms with E-state index in [2.05, 4.69) is 0 Å². The van der Waals surface area contributed by atoms with E-state index < -0.39 is 0 Å². The van der Waals surface area contributed by atoms with Crippen LogP contribution < -0.4 is 0 Å². The zero-order chi connectivity index (χ0) is 6.55. The molecule has 0 aromatic carbocycles. The summed E-state index contributed by atoms with van der Waals surface area (Å²) in [7, 11) is 0. The van der Waals surface area contributed by atoms with Gasteiger partial charge in [0.05, 0.1) is 12.7 Å². The van der Waals surface area contributed by atoms with Crippen molar-refractivity contribution in [2.45, 2.75) is 31.8 Å². The molecule has 0 N–H and O–H groups in total. The SMILES string of the molecule is C1C[C@@H]2C[C@@H]1C[C@H]2[C@@H]1CO1. The molecular weight excluding hydrogens is 124 g/mol. The van der Waals surface area contributed by atoms with Crippen LogP contribution in [0.15, 0.2) is 0 Å². The third kappa shape index (κ3) is 0.672. The van der Waals surface area contributed by atoms with Crippen LogP contribution in [-0.4, -0.2) is 12.7 Å². The molecule has 56 valence electrons. The van der Waals surface area contributed by atoms with Gasteiger partial charge in [0.25, 0.3) is 0 Å². The first kappa shape index (κ1) is 5.59. The van der Waals surface area contributed by atoms with Crippen molar-refractivity contribution in [3.63, 3.8) is 0 Å². The van der Waals surface area contributed by atoms with Crippen LogP contribution in [0.4, 0.5) is 0 Å². The van der Waals surface area contributed by atoms with Crippen molar-refractivity contribution in [3.8, 4) is 0 Å². The number of ether oxygens (including phenoxy) is 1. The van der Waals surface area contributed by atoms with Gasteiger partial charge in [-0.25, -0.2) is 0 Å². The monoisotopic (exact) mass is 138 g/mol. The molecule has 0 radical (unpaired) electrons. The summed E-state index contributed by atoms with van der Waals surface area (Å²) >= 11 is 0. The van der Waals surface area contributed by atoms with Crippen LogP contribution in [0.5, 0.6) is 0 Å². The molecule has 1 heteroatoms. The Labute approximate surface area is 61.8 Å². The minimum atomic E-state index is 0.704.